The molecule has 4 fully saturated rings. The average molecular weight is 412 g/mol. The minimum Gasteiger partial charge on any atom is -0.461 e. The highest BCUT2D eigenvalue weighted by Crippen LogP contribution is 2.73. The summed E-state index contributed by atoms with van der Waals surface area (Å²) < 4.78 is 19.6. The first-order chi connectivity index (χ1) is 9.38. The second-order valence-corrected chi connectivity index (χ2v) is 8.12. The van der Waals surface area contributed by atoms with Crippen molar-refractivity contribution in [3.05, 3.63) is 0 Å². The minimum atomic E-state index is -1.51. The lowest BCUT2D eigenvalue weighted by molar-refractivity contribution is -0.231. The van der Waals surface area contributed by atoms with Crippen molar-refractivity contribution in [2.75, 3.05) is 14.2 Å². The van der Waals surface area contributed by atoms with Gasteiger partial charge in [-0.05, 0) is 0 Å². The van der Waals surface area contributed by atoms with Crippen LogP contribution in [0, 0.1) is 11.8 Å². The third-order valence-electron chi connectivity index (χ3n) is 5.22. The monoisotopic (exact) mass is 410 g/mol. The Kier molecular flexibility index (Phi) is 2.42. The summed E-state index contributed by atoms with van der Waals surface area (Å²) in [5, 5.41) is 0. The van der Waals surface area contributed by atoms with Gasteiger partial charge < -0.3 is 18.9 Å². The van der Waals surface area contributed by atoms with Crippen molar-refractivity contribution >= 4 is 43.8 Å². The van der Waals surface area contributed by atoms with Gasteiger partial charge in [-0.15, -0.1) is 0 Å². The van der Waals surface area contributed by atoms with Gasteiger partial charge in [0.2, 0.25) is 5.79 Å². The second kappa shape index (κ2) is 3.59. The van der Waals surface area contributed by atoms with E-state index < -0.39 is 26.4 Å². The van der Waals surface area contributed by atoms with Crippen molar-refractivity contribution in [1.29, 1.82) is 0 Å². The Morgan fingerprint density at radius 2 is 1.40 bits per heavy atom. The van der Waals surface area contributed by atoms with Gasteiger partial charge in [-0.2, -0.15) is 0 Å². The summed E-state index contributed by atoms with van der Waals surface area (Å²) in [6.07, 6.45) is -0.0417. The predicted octanol–water partition coefficient (Wildman–Crippen LogP) is 0.743. The Morgan fingerprint density at radius 3 is 1.75 bits per heavy atom. The van der Waals surface area contributed by atoms with Crippen LogP contribution in [0.1, 0.15) is 6.42 Å². The molecule has 4 rings (SSSR count). The van der Waals surface area contributed by atoms with Crippen LogP contribution in [0.2, 0.25) is 0 Å². The molecule has 2 saturated carbocycles. The van der Waals surface area contributed by atoms with Gasteiger partial charge in [-0.3, -0.25) is 9.59 Å². The van der Waals surface area contributed by atoms with Crippen molar-refractivity contribution in [2.45, 2.75) is 33.1 Å². The SMILES string of the molecule is COC1(OC)[C@@]2(Br)C(=O)O[C@H]3C[C@H]4OC(=O)[C@]1(Br)[C@H]4[C@H]32. The molecule has 0 bridgehead atoms. The second-order valence-electron chi connectivity index (χ2n) is 5.62. The number of esters is 2. The van der Waals surface area contributed by atoms with Crippen LogP contribution in [-0.2, 0) is 28.5 Å². The van der Waals surface area contributed by atoms with Gasteiger partial charge in [0.15, 0.2) is 8.65 Å². The van der Waals surface area contributed by atoms with E-state index in [-0.39, 0.29) is 24.0 Å². The summed E-state index contributed by atoms with van der Waals surface area (Å²) in [7, 11) is 2.83. The van der Waals surface area contributed by atoms with E-state index in [2.05, 4.69) is 31.9 Å². The van der Waals surface area contributed by atoms with E-state index in [1.807, 2.05) is 0 Å². The van der Waals surface area contributed by atoms with Crippen molar-refractivity contribution in [3.63, 3.8) is 0 Å². The first-order valence-corrected chi connectivity index (χ1v) is 7.87. The van der Waals surface area contributed by atoms with E-state index in [1.165, 1.54) is 14.2 Å². The lowest BCUT2D eigenvalue weighted by atomic mass is 9.91. The fraction of sp³-hybridized carbons (Fsp3) is 0.833. The molecule has 6 nitrogen and oxygen atoms in total. The number of hydrogen-bond acceptors (Lipinski definition) is 6. The molecule has 110 valence electrons. The zero-order chi connectivity index (χ0) is 14.5. The number of halogens is 2. The van der Waals surface area contributed by atoms with E-state index in [9.17, 15) is 9.59 Å². The number of ether oxygens (including phenoxy) is 4. The zero-order valence-electron chi connectivity index (χ0n) is 10.7. The molecule has 0 spiro atoms. The molecule has 8 heteroatoms. The first kappa shape index (κ1) is 13.5. The largest absolute Gasteiger partial charge is 0.461 e. The van der Waals surface area contributed by atoms with Gasteiger partial charge in [0.05, 0.1) is 0 Å². The smallest absolute Gasteiger partial charge is 0.329 e. The Morgan fingerprint density at radius 1 is 1.00 bits per heavy atom. The van der Waals surface area contributed by atoms with E-state index in [4.69, 9.17) is 18.9 Å². The minimum absolute atomic E-state index is 0.231. The van der Waals surface area contributed by atoms with Crippen LogP contribution in [0.25, 0.3) is 0 Å². The van der Waals surface area contributed by atoms with Crippen molar-refractivity contribution in [1.82, 2.24) is 0 Å². The van der Waals surface area contributed by atoms with Crippen LogP contribution in [0.5, 0.6) is 0 Å². The highest BCUT2D eigenvalue weighted by molar-refractivity contribution is 9.11. The molecule has 2 heterocycles. The number of hydrogen-bond donors (Lipinski definition) is 0. The summed E-state index contributed by atoms with van der Waals surface area (Å²) >= 11 is 7.01. The Bertz CT molecular complexity index is 492. The third-order valence-corrected chi connectivity index (χ3v) is 7.96. The van der Waals surface area contributed by atoms with Crippen LogP contribution >= 0.6 is 31.9 Å². The molecule has 2 aliphatic carbocycles. The lowest BCUT2D eigenvalue weighted by Gasteiger charge is -2.42. The molecule has 0 unspecified atom stereocenters. The molecule has 0 N–H and O–H groups in total. The maximum Gasteiger partial charge on any atom is 0.329 e. The standard InChI is InChI=1S/C12H12Br2O6/c1-17-12(18-2)10(13)6-4(19-8(10)15)3-5-7(6)11(12,14)9(16)20-5/h4-7H,3H2,1-2H3/t4-,5+,6-,7+,10-,11+. The molecule has 0 amide bonds. The number of methoxy groups -OCH3 is 2. The molecular weight excluding hydrogens is 400 g/mol. The average Bonchev–Trinajstić information content (AvgIpc) is 3.00. The zero-order valence-corrected chi connectivity index (χ0v) is 13.9. The molecule has 4 aliphatic rings. The van der Waals surface area contributed by atoms with Gasteiger partial charge in [0, 0.05) is 32.5 Å². The number of carbonyl (C=O) groups excluding carboxylic acids is 2. The van der Waals surface area contributed by atoms with Crippen LogP contribution in [0.15, 0.2) is 0 Å². The van der Waals surface area contributed by atoms with E-state index in [0.717, 1.165) is 0 Å². The summed E-state index contributed by atoms with van der Waals surface area (Å²) in [4.78, 5) is 24.8. The van der Waals surface area contributed by atoms with Crippen LogP contribution in [0.4, 0.5) is 0 Å². The predicted molar refractivity (Wildman–Crippen MR) is 71.4 cm³/mol. The molecule has 0 aromatic heterocycles. The van der Waals surface area contributed by atoms with Crippen LogP contribution in [0.3, 0.4) is 0 Å². The summed E-state index contributed by atoms with van der Waals surface area (Å²) in [5.41, 5.74) is 0. The number of rotatable bonds is 2. The normalized spacial score (nSPS) is 54.0. The van der Waals surface area contributed by atoms with Crippen LogP contribution < -0.4 is 0 Å². The van der Waals surface area contributed by atoms with E-state index >= 15 is 0 Å². The maximum atomic E-state index is 12.4. The molecule has 0 aromatic rings. The summed E-state index contributed by atoms with van der Waals surface area (Å²) in [6.45, 7) is 0. The summed E-state index contributed by atoms with van der Waals surface area (Å²) in [5.74, 6) is -2.87. The Hall–Kier alpha value is -0.180. The number of alkyl halides is 2. The van der Waals surface area contributed by atoms with Crippen molar-refractivity contribution in [3.8, 4) is 0 Å². The first-order valence-electron chi connectivity index (χ1n) is 6.28. The topological polar surface area (TPSA) is 71.1 Å². The molecule has 0 aromatic carbocycles. The number of carbonyl (C=O) groups is 2. The van der Waals surface area contributed by atoms with Gasteiger partial charge in [0.1, 0.15) is 12.2 Å². The molecule has 6 atom stereocenters. The van der Waals surface area contributed by atoms with Gasteiger partial charge in [0.25, 0.3) is 0 Å². The molecule has 0 radical (unpaired) electrons. The highest BCUT2D eigenvalue weighted by Gasteiger charge is 2.91. The third kappa shape index (κ3) is 0.977. The molecule has 2 saturated heterocycles. The summed E-state index contributed by atoms with van der Waals surface area (Å²) in [6, 6.07) is 0. The Labute approximate surface area is 131 Å². The van der Waals surface area contributed by atoms with Gasteiger partial charge >= 0.3 is 11.9 Å². The highest BCUT2D eigenvalue weighted by atomic mass is 79.9. The van der Waals surface area contributed by atoms with Gasteiger partial charge in [-0.1, -0.05) is 31.9 Å². The van der Waals surface area contributed by atoms with Crippen molar-refractivity contribution in [2.24, 2.45) is 11.8 Å². The van der Waals surface area contributed by atoms with Gasteiger partial charge in [-0.25, -0.2) is 0 Å². The molecule has 20 heavy (non-hydrogen) atoms. The fourth-order valence-electron chi connectivity index (χ4n) is 4.60. The Balaban J connectivity index is 2.03. The fourth-order valence-corrected chi connectivity index (χ4v) is 7.49. The maximum absolute atomic E-state index is 12.4. The van der Waals surface area contributed by atoms with E-state index in [1.54, 1.807) is 0 Å². The van der Waals surface area contributed by atoms with Crippen LogP contribution in [-0.4, -0.2) is 52.8 Å². The lowest BCUT2D eigenvalue weighted by Crippen LogP contribution is -2.65. The van der Waals surface area contributed by atoms with E-state index in [0.29, 0.717) is 6.42 Å². The molecular formula is C12H12Br2O6. The quantitative estimate of drug-likeness (QED) is 0.379. The van der Waals surface area contributed by atoms with Crippen molar-refractivity contribution < 1.29 is 28.5 Å². The molecule has 2 aliphatic heterocycles.